The molecule has 1 fully saturated rings. The van der Waals surface area contributed by atoms with Crippen LogP contribution >= 0.6 is 0 Å². The fraction of sp³-hybridized carbons (Fsp3) is 0.600. The first-order valence-electron chi connectivity index (χ1n) is 3.14. The summed E-state index contributed by atoms with van der Waals surface area (Å²) in [6.45, 7) is 0.531. The molecule has 62 valence electrons. The monoisotopic (exact) mass is 160 g/mol. The maximum absolute atomic E-state index is 10.3. The van der Waals surface area contributed by atoms with Crippen molar-refractivity contribution < 1.29 is 19.8 Å². The second kappa shape index (κ2) is 2.65. The fourth-order valence-electron chi connectivity index (χ4n) is 1.01. The van der Waals surface area contributed by atoms with Crippen LogP contribution in [0.4, 0.5) is 9.59 Å². The van der Waals surface area contributed by atoms with E-state index in [4.69, 9.17) is 10.2 Å². The maximum Gasteiger partial charge on any atom is 0.426 e. The first-order chi connectivity index (χ1) is 5.13. The summed E-state index contributed by atoms with van der Waals surface area (Å²) in [5.74, 6) is 0. The van der Waals surface area contributed by atoms with Gasteiger partial charge in [-0.05, 0) is 6.42 Å². The molecule has 2 N–H and O–H groups in total. The number of hydrogen-bond donors (Lipinski definition) is 2. The van der Waals surface area contributed by atoms with Crippen molar-refractivity contribution in [2.45, 2.75) is 6.42 Å². The number of carbonyl (C=O) groups is 2. The van der Waals surface area contributed by atoms with Crippen molar-refractivity contribution in [1.29, 1.82) is 0 Å². The number of carboxylic acid groups (broad SMARTS) is 2. The van der Waals surface area contributed by atoms with Crippen LogP contribution in [0.2, 0.25) is 0 Å². The van der Waals surface area contributed by atoms with E-state index in [1.54, 1.807) is 0 Å². The van der Waals surface area contributed by atoms with E-state index in [-0.39, 0.29) is 13.1 Å². The Morgan fingerprint density at radius 2 is 1.36 bits per heavy atom. The molecule has 0 atom stereocenters. The molecule has 0 bridgehead atoms. The quantitative estimate of drug-likeness (QED) is 0.532. The number of hydrazine groups is 1. The Balaban J connectivity index is 2.65. The van der Waals surface area contributed by atoms with Gasteiger partial charge in [0.1, 0.15) is 0 Å². The van der Waals surface area contributed by atoms with Crippen LogP contribution in [0.3, 0.4) is 0 Å². The van der Waals surface area contributed by atoms with Gasteiger partial charge in [-0.1, -0.05) is 0 Å². The maximum atomic E-state index is 10.3. The largest absolute Gasteiger partial charge is 0.464 e. The molecule has 1 saturated heterocycles. The van der Waals surface area contributed by atoms with Crippen LogP contribution in [0, 0.1) is 0 Å². The molecule has 0 aromatic rings. The summed E-state index contributed by atoms with van der Waals surface area (Å²) in [5.41, 5.74) is 0. The summed E-state index contributed by atoms with van der Waals surface area (Å²) >= 11 is 0. The zero-order chi connectivity index (χ0) is 8.43. The highest BCUT2D eigenvalue weighted by atomic mass is 16.4. The zero-order valence-corrected chi connectivity index (χ0v) is 5.73. The molecule has 1 aliphatic rings. The van der Waals surface area contributed by atoms with E-state index in [0.717, 1.165) is 10.0 Å². The third-order valence-corrected chi connectivity index (χ3v) is 1.47. The zero-order valence-electron chi connectivity index (χ0n) is 5.73. The molecule has 1 heterocycles. The van der Waals surface area contributed by atoms with Gasteiger partial charge in [0.25, 0.3) is 0 Å². The predicted molar refractivity (Wildman–Crippen MR) is 34.1 cm³/mol. The molecule has 0 aromatic carbocycles. The van der Waals surface area contributed by atoms with Crippen LogP contribution in [-0.2, 0) is 0 Å². The van der Waals surface area contributed by atoms with E-state index >= 15 is 0 Å². The Kier molecular flexibility index (Phi) is 1.84. The first kappa shape index (κ1) is 7.64. The molecule has 6 heteroatoms. The Labute approximate surface area is 62.6 Å². The van der Waals surface area contributed by atoms with Gasteiger partial charge in [-0.3, -0.25) is 0 Å². The van der Waals surface area contributed by atoms with Crippen LogP contribution in [-0.4, -0.2) is 45.5 Å². The minimum absolute atomic E-state index is 0.266. The van der Waals surface area contributed by atoms with Gasteiger partial charge in [0, 0.05) is 13.1 Å². The van der Waals surface area contributed by atoms with Crippen molar-refractivity contribution in [3.63, 3.8) is 0 Å². The predicted octanol–water partition coefficient (Wildman–Crippen LogP) is 0.265. The summed E-state index contributed by atoms with van der Waals surface area (Å²) in [6, 6.07) is 0. The molecule has 0 unspecified atom stereocenters. The lowest BCUT2D eigenvalue weighted by Gasteiger charge is -2.21. The topological polar surface area (TPSA) is 81.1 Å². The Morgan fingerprint density at radius 1 is 1.00 bits per heavy atom. The standard InChI is InChI=1S/C5H8N2O4/c8-4(9)6-2-1-3-7(6)5(10)11/h1-3H2,(H,8,9)(H,10,11). The van der Waals surface area contributed by atoms with E-state index in [9.17, 15) is 9.59 Å². The normalized spacial score (nSPS) is 17.1. The van der Waals surface area contributed by atoms with Crippen molar-refractivity contribution in [3.05, 3.63) is 0 Å². The average Bonchev–Trinajstić information content (AvgIpc) is 2.32. The highest BCUT2D eigenvalue weighted by molar-refractivity contribution is 5.72. The molecule has 1 aliphatic heterocycles. The van der Waals surface area contributed by atoms with Gasteiger partial charge in [0.15, 0.2) is 0 Å². The van der Waals surface area contributed by atoms with Gasteiger partial charge in [-0.2, -0.15) is 0 Å². The molecule has 1 rings (SSSR count). The van der Waals surface area contributed by atoms with E-state index in [2.05, 4.69) is 0 Å². The number of nitrogens with zero attached hydrogens (tertiary/aromatic N) is 2. The van der Waals surface area contributed by atoms with Gasteiger partial charge in [-0.25, -0.2) is 19.6 Å². The number of amides is 2. The van der Waals surface area contributed by atoms with Crippen molar-refractivity contribution in [2.75, 3.05) is 13.1 Å². The minimum atomic E-state index is -1.22. The van der Waals surface area contributed by atoms with E-state index in [1.165, 1.54) is 0 Å². The molecular weight excluding hydrogens is 152 g/mol. The molecule has 6 nitrogen and oxygen atoms in total. The molecule has 0 radical (unpaired) electrons. The summed E-state index contributed by atoms with van der Waals surface area (Å²) in [4.78, 5) is 20.7. The van der Waals surface area contributed by atoms with Gasteiger partial charge in [0.05, 0.1) is 0 Å². The highest BCUT2D eigenvalue weighted by Crippen LogP contribution is 2.09. The van der Waals surface area contributed by atoms with Crippen LogP contribution in [0.1, 0.15) is 6.42 Å². The molecule has 0 aliphatic carbocycles. The number of hydrogen-bond acceptors (Lipinski definition) is 2. The Morgan fingerprint density at radius 3 is 1.64 bits per heavy atom. The van der Waals surface area contributed by atoms with Crippen LogP contribution < -0.4 is 0 Å². The second-order valence-corrected chi connectivity index (χ2v) is 2.16. The summed E-state index contributed by atoms with van der Waals surface area (Å²) < 4.78 is 0. The lowest BCUT2D eigenvalue weighted by Crippen LogP contribution is -2.43. The molecule has 0 aromatic heterocycles. The van der Waals surface area contributed by atoms with Crippen molar-refractivity contribution in [3.8, 4) is 0 Å². The van der Waals surface area contributed by atoms with Gasteiger partial charge in [0.2, 0.25) is 0 Å². The summed E-state index contributed by atoms with van der Waals surface area (Å²) in [5, 5.41) is 18.5. The molecular formula is C5H8N2O4. The second-order valence-electron chi connectivity index (χ2n) is 2.16. The summed E-state index contributed by atoms with van der Waals surface area (Å²) in [7, 11) is 0. The van der Waals surface area contributed by atoms with E-state index < -0.39 is 12.2 Å². The van der Waals surface area contributed by atoms with Gasteiger partial charge < -0.3 is 10.2 Å². The lowest BCUT2D eigenvalue weighted by atomic mass is 10.5. The van der Waals surface area contributed by atoms with Gasteiger partial charge in [-0.15, -0.1) is 0 Å². The van der Waals surface area contributed by atoms with E-state index in [0.29, 0.717) is 6.42 Å². The molecule has 0 spiro atoms. The first-order valence-corrected chi connectivity index (χ1v) is 3.14. The number of rotatable bonds is 0. The SMILES string of the molecule is O=C(O)N1CCCN1C(=O)O. The Hall–Kier alpha value is -1.46. The van der Waals surface area contributed by atoms with Crippen molar-refractivity contribution >= 4 is 12.2 Å². The fourth-order valence-corrected chi connectivity index (χ4v) is 1.01. The van der Waals surface area contributed by atoms with Gasteiger partial charge >= 0.3 is 12.2 Å². The third-order valence-electron chi connectivity index (χ3n) is 1.47. The molecule has 11 heavy (non-hydrogen) atoms. The van der Waals surface area contributed by atoms with Crippen LogP contribution in [0.15, 0.2) is 0 Å². The van der Waals surface area contributed by atoms with Crippen LogP contribution in [0.5, 0.6) is 0 Å². The summed E-state index contributed by atoms with van der Waals surface area (Å²) in [6.07, 6.45) is -1.87. The van der Waals surface area contributed by atoms with E-state index in [1.807, 2.05) is 0 Å². The Bertz CT molecular complexity index is 173. The van der Waals surface area contributed by atoms with Crippen LogP contribution in [0.25, 0.3) is 0 Å². The highest BCUT2D eigenvalue weighted by Gasteiger charge is 2.29. The van der Waals surface area contributed by atoms with Crippen molar-refractivity contribution in [2.24, 2.45) is 0 Å². The smallest absolute Gasteiger partial charge is 0.426 e. The lowest BCUT2D eigenvalue weighted by molar-refractivity contribution is 0.0355. The van der Waals surface area contributed by atoms with Crippen molar-refractivity contribution in [1.82, 2.24) is 10.0 Å². The minimum Gasteiger partial charge on any atom is -0.464 e. The average molecular weight is 160 g/mol. The third kappa shape index (κ3) is 1.34. The molecule has 0 saturated carbocycles. The molecule has 2 amide bonds.